The minimum atomic E-state index is 0.760. The molecule has 2 aromatic rings. The summed E-state index contributed by atoms with van der Waals surface area (Å²) in [6.45, 7) is 3.98. The third kappa shape index (κ3) is 1.92. The molecule has 0 aliphatic carbocycles. The first-order valence-corrected chi connectivity index (χ1v) is 6.28. The first-order valence-electron chi connectivity index (χ1n) is 6.28. The van der Waals surface area contributed by atoms with E-state index < -0.39 is 0 Å². The second-order valence-electron chi connectivity index (χ2n) is 4.84. The summed E-state index contributed by atoms with van der Waals surface area (Å²) in [5.74, 6) is 1.02. The lowest BCUT2D eigenvalue weighted by molar-refractivity contribution is 0.721. The molecule has 0 atom stereocenters. The molecule has 2 N–H and O–H groups in total. The number of nitrogen functional groups attached to an aromatic ring is 1. The van der Waals surface area contributed by atoms with E-state index in [-0.39, 0.29) is 0 Å². The van der Waals surface area contributed by atoms with Crippen LogP contribution in [0.15, 0.2) is 36.5 Å². The van der Waals surface area contributed by atoms with Gasteiger partial charge < -0.3 is 10.6 Å². The maximum Gasteiger partial charge on any atom is 0.129 e. The number of nitrogens with two attached hydrogens (primary N) is 1. The van der Waals surface area contributed by atoms with Gasteiger partial charge in [-0.25, -0.2) is 4.98 Å². The van der Waals surface area contributed by atoms with Crippen molar-refractivity contribution in [2.24, 2.45) is 0 Å². The Kier molecular flexibility index (Phi) is 2.67. The van der Waals surface area contributed by atoms with Crippen molar-refractivity contribution in [2.45, 2.75) is 19.9 Å². The van der Waals surface area contributed by atoms with E-state index in [0.29, 0.717) is 0 Å². The molecule has 1 aromatic heterocycles. The summed E-state index contributed by atoms with van der Waals surface area (Å²) in [7, 11) is 0. The molecule has 0 bridgehead atoms. The van der Waals surface area contributed by atoms with Crippen LogP contribution in [-0.4, -0.2) is 11.5 Å². The van der Waals surface area contributed by atoms with Crippen molar-refractivity contribution in [1.29, 1.82) is 0 Å². The number of aryl methyl sites for hydroxylation is 1. The van der Waals surface area contributed by atoms with Gasteiger partial charge in [-0.3, -0.25) is 0 Å². The monoisotopic (exact) mass is 239 g/mol. The maximum atomic E-state index is 5.81. The summed E-state index contributed by atoms with van der Waals surface area (Å²) in [5, 5.41) is 0. The standard InChI is InChI=1S/C15H17N3/c1-11-8-15(17-9-14(11)16)18-7-6-12-4-2-3-5-13(12)10-18/h2-5,8-9H,6-7,10,16H2,1H3. The van der Waals surface area contributed by atoms with Crippen LogP contribution in [0.4, 0.5) is 11.5 Å². The minimum Gasteiger partial charge on any atom is -0.397 e. The molecule has 0 unspecified atom stereocenters. The molecule has 0 radical (unpaired) electrons. The highest BCUT2D eigenvalue weighted by atomic mass is 15.2. The van der Waals surface area contributed by atoms with Gasteiger partial charge in [-0.05, 0) is 36.1 Å². The van der Waals surface area contributed by atoms with Gasteiger partial charge in [0, 0.05) is 13.1 Å². The van der Waals surface area contributed by atoms with Crippen LogP contribution in [-0.2, 0) is 13.0 Å². The van der Waals surface area contributed by atoms with E-state index in [2.05, 4.69) is 40.2 Å². The molecule has 0 saturated heterocycles. The second kappa shape index (κ2) is 4.33. The van der Waals surface area contributed by atoms with Crippen molar-refractivity contribution in [3.63, 3.8) is 0 Å². The van der Waals surface area contributed by atoms with Crippen molar-refractivity contribution in [2.75, 3.05) is 17.2 Å². The number of pyridine rings is 1. The topological polar surface area (TPSA) is 42.2 Å². The Morgan fingerprint density at radius 3 is 2.78 bits per heavy atom. The van der Waals surface area contributed by atoms with Gasteiger partial charge in [-0.2, -0.15) is 0 Å². The van der Waals surface area contributed by atoms with Crippen LogP contribution in [0.25, 0.3) is 0 Å². The van der Waals surface area contributed by atoms with Gasteiger partial charge in [0.2, 0.25) is 0 Å². The van der Waals surface area contributed by atoms with E-state index >= 15 is 0 Å². The van der Waals surface area contributed by atoms with Crippen molar-refractivity contribution in [3.8, 4) is 0 Å². The number of anilines is 2. The van der Waals surface area contributed by atoms with Gasteiger partial charge in [0.25, 0.3) is 0 Å². The lowest BCUT2D eigenvalue weighted by atomic mass is 10.00. The number of hydrogen-bond donors (Lipinski definition) is 1. The summed E-state index contributed by atoms with van der Waals surface area (Å²) < 4.78 is 0. The molecule has 0 saturated carbocycles. The van der Waals surface area contributed by atoms with Gasteiger partial charge in [-0.1, -0.05) is 24.3 Å². The van der Waals surface area contributed by atoms with E-state index in [4.69, 9.17) is 5.73 Å². The third-order valence-corrected chi connectivity index (χ3v) is 3.59. The van der Waals surface area contributed by atoms with E-state index in [0.717, 1.165) is 36.6 Å². The Morgan fingerprint density at radius 2 is 2.00 bits per heavy atom. The average molecular weight is 239 g/mol. The molecule has 3 heteroatoms. The highest BCUT2D eigenvalue weighted by Crippen LogP contribution is 2.24. The van der Waals surface area contributed by atoms with E-state index in [1.54, 1.807) is 6.20 Å². The maximum absolute atomic E-state index is 5.81. The van der Waals surface area contributed by atoms with Crippen molar-refractivity contribution >= 4 is 11.5 Å². The number of rotatable bonds is 1. The molecule has 92 valence electrons. The molecule has 3 rings (SSSR count). The van der Waals surface area contributed by atoms with Gasteiger partial charge in [0.1, 0.15) is 5.82 Å². The summed E-state index contributed by atoms with van der Waals surface area (Å²) in [6.07, 6.45) is 2.84. The zero-order valence-electron chi connectivity index (χ0n) is 10.6. The minimum absolute atomic E-state index is 0.760. The number of aromatic nitrogens is 1. The molecule has 1 aliphatic rings. The van der Waals surface area contributed by atoms with Gasteiger partial charge >= 0.3 is 0 Å². The van der Waals surface area contributed by atoms with Crippen molar-refractivity contribution in [3.05, 3.63) is 53.2 Å². The van der Waals surface area contributed by atoms with Crippen molar-refractivity contribution in [1.82, 2.24) is 4.98 Å². The van der Waals surface area contributed by atoms with Crippen LogP contribution >= 0.6 is 0 Å². The molecule has 0 fully saturated rings. The quantitative estimate of drug-likeness (QED) is 0.831. The average Bonchev–Trinajstić information content (AvgIpc) is 2.41. The Balaban J connectivity index is 1.89. The summed E-state index contributed by atoms with van der Waals surface area (Å²) in [6, 6.07) is 10.7. The van der Waals surface area contributed by atoms with Gasteiger partial charge in [0.05, 0.1) is 11.9 Å². The Bertz CT molecular complexity index is 578. The lowest BCUT2D eigenvalue weighted by Gasteiger charge is -2.30. The first-order chi connectivity index (χ1) is 8.74. The largest absolute Gasteiger partial charge is 0.397 e. The lowest BCUT2D eigenvalue weighted by Crippen LogP contribution is -2.31. The molecule has 3 nitrogen and oxygen atoms in total. The van der Waals surface area contributed by atoms with Crippen molar-refractivity contribution < 1.29 is 0 Å². The van der Waals surface area contributed by atoms with Crippen LogP contribution in [0.2, 0.25) is 0 Å². The van der Waals surface area contributed by atoms with Crippen LogP contribution in [0.1, 0.15) is 16.7 Å². The summed E-state index contributed by atoms with van der Waals surface area (Å²) >= 11 is 0. The van der Waals surface area contributed by atoms with E-state index in [9.17, 15) is 0 Å². The Labute approximate surface area is 107 Å². The fourth-order valence-corrected chi connectivity index (χ4v) is 2.42. The van der Waals surface area contributed by atoms with E-state index in [1.807, 2.05) is 6.92 Å². The van der Waals surface area contributed by atoms with E-state index in [1.165, 1.54) is 11.1 Å². The van der Waals surface area contributed by atoms with Crippen LogP contribution in [0.3, 0.4) is 0 Å². The number of hydrogen-bond acceptors (Lipinski definition) is 3. The SMILES string of the molecule is Cc1cc(N2CCc3ccccc3C2)ncc1N. The zero-order chi connectivity index (χ0) is 12.5. The number of benzene rings is 1. The molecule has 0 spiro atoms. The highest BCUT2D eigenvalue weighted by molar-refractivity contribution is 5.53. The third-order valence-electron chi connectivity index (χ3n) is 3.59. The fraction of sp³-hybridized carbons (Fsp3) is 0.267. The first kappa shape index (κ1) is 11.1. The number of fused-ring (bicyclic) bond motifs is 1. The molecular weight excluding hydrogens is 222 g/mol. The highest BCUT2D eigenvalue weighted by Gasteiger charge is 2.17. The van der Waals surface area contributed by atoms with Crippen LogP contribution in [0.5, 0.6) is 0 Å². The zero-order valence-corrected chi connectivity index (χ0v) is 10.6. The van der Waals surface area contributed by atoms with Gasteiger partial charge in [0.15, 0.2) is 0 Å². The molecule has 0 amide bonds. The molecule has 2 heterocycles. The molecule has 18 heavy (non-hydrogen) atoms. The Morgan fingerprint density at radius 1 is 1.22 bits per heavy atom. The van der Waals surface area contributed by atoms with Gasteiger partial charge in [-0.15, -0.1) is 0 Å². The van der Waals surface area contributed by atoms with Crippen LogP contribution < -0.4 is 10.6 Å². The fourth-order valence-electron chi connectivity index (χ4n) is 2.42. The molecular formula is C15H17N3. The molecule has 1 aromatic carbocycles. The normalized spacial score (nSPS) is 14.4. The predicted molar refractivity (Wildman–Crippen MR) is 74.6 cm³/mol. The van der Waals surface area contributed by atoms with Crippen LogP contribution in [0, 0.1) is 6.92 Å². The molecule has 1 aliphatic heterocycles. The predicted octanol–water partition coefficient (Wildman–Crippen LogP) is 2.53. The Hall–Kier alpha value is -2.03. The second-order valence-corrected chi connectivity index (χ2v) is 4.84. The smallest absolute Gasteiger partial charge is 0.129 e. The number of nitrogens with zero attached hydrogens (tertiary/aromatic N) is 2. The summed E-state index contributed by atoms with van der Waals surface area (Å²) in [5.41, 5.74) is 10.5. The summed E-state index contributed by atoms with van der Waals surface area (Å²) in [4.78, 5) is 6.75.